The number of benzene rings is 2. The fraction of sp³-hybridized carbons (Fsp3) is 0.200. The molecule has 0 atom stereocenters. The maximum atomic E-state index is 6.30. The third-order valence-corrected chi connectivity index (χ3v) is 3.83. The van der Waals surface area contributed by atoms with Gasteiger partial charge in [0.25, 0.3) is 0 Å². The van der Waals surface area contributed by atoms with Crippen molar-refractivity contribution in [1.29, 1.82) is 0 Å². The van der Waals surface area contributed by atoms with Gasteiger partial charge in [0.15, 0.2) is 5.82 Å². The summed E-state index contributed by atoms with van der Waals surface area (Å²) >= 11 is 0. The Hall–Kier alpha value is -3.08. The summed E-state index contributed by atoms with van der Waals surface area (Å²) in [6, 6.07) is 18.0. The van der Waals surface area contributed by atoms with Crippen LogP contribution in [0.3, 0.4) is 0 Å². The van der Waals surface area contributed by atoms with Gasteiger partial charge in [0.05, 0.1) is 0 Å². The van der Waals surface area contributed by atoms with Crippen molar-refractivity contribution in [2.45, 2.75) is 20.4 Å². The van der Waals surface area contributed by atoms with E-state index in [-0.39, 0.29) is 0 Å². The lowest BCUT2D eigenvalue weighted by Gasteiger charge is -2.21. The first-order valence-electron chi connectivity index (χ1n) is 8.16. The first-order valence-corrected chi connectivity index (χ1v) is 8.16. The SMILES string of the molecule is Cc1cccc(Oc2nc(C)nc(N(C)Cc3ccccc3)c2N)c1. The lowest BCUT2D eigenvalue weighted by atomic mass is 10.2. The number of nitrogen functional groups attached to an aromatic ring is 1. The average molecular weight is 334 g/mol. The van der Waals surface area contributed by atoms with Crippen LogP contribution in [0.2, 0.25) is 0 Å². The average Bonchev–Trinajstić information content (AvgIpc) is 2.58. The maximum Gasteiger partial charge on any atom is 0.248 e. The third-order valence-electron chi connectivity index (χ3n) is 3.83. The predicted octanol–water partition coefficient (Wildman–Crippen LogP) is 4.10. The van der Waals surface area contributed by atoms with E-state index in [0.717, 1.165) is 5.56 Å². The Kier molecular flexibility index (Phi) is 4.84. The molecular formula is C20H22N4O. The smallest absolute Gasteiger partial charge is 0.248 e. The van der Waals surface area contributed by atoms with Gasteiger partial charge in [0, 0.05) is 13.6 Å². The van der Waals surface area contributed by atoms with Gasteiger partial charge in [-0.15, -0.1) is 0 Å². The predicted molar refractivity (Wildman–Crippen MR) is 101 cm³/mol. The van der Waals surface area contributed by atoms with E-state index in [1.54, 1.807) is 0 Å². The minimum absolute atomic E-state index is 0.382. The highest BCUT2D eigenvalue weighted by Gasteiger charge is 2.16. The summed E-state index contributed by atoms with van der Waals surface area (Å²) in [6.07, 6.45) is 0. The molecule has 0 amide bonds. The Bertz CT molecular complexity index is 865. The van der Waals surface area contributed by atoms with Gasteiger partial charge in [0.1, 0.15) is 17.3 Å². The summed E-state index contributed by atoms with van der Waals surface area (Å²) in [7, 11) is 1.96. The van der Waals surface area contributed by atoms with Crippen molar-refractivity contribution in [1.82, 2.24) is 9.97 Å². The number of hydrogen-bond donors (Lipinski definition) is 1. The number of aromatic nitrogens is 2. The molecule has 0 aliphatic carbocycles. The van der Waals surface area contributed by atoms with E-state index in [9.17, 15) is 0 Å². The lowest BCUT2D eigenvalue weighted by Crippen LogP contribution is -2.20. The molecule has 0 saturated carbocycles. The molecule has 1 heterocycles. The molecule has 2 aromatic carbocycles. The van der Waals surface area contributed by atoms with E-state index in [1.807, 2.05) is 68.3 Å². The van der Waals surface area contributed by atoms with E-state index in [4.69, 9.17) is 10.5 Å². The van der Waals surface area contributed by atoms with Gasteiger partial charge in [-0.3, -0.25) is 0 Å². The van der Waals surface area contributed by atoms with Crippen LogP contribution in [-0.4, -0.2) is 17.0 Å². The van der Waals surface area contributed by atoms with Gasteiger partial charge in [-0.2, -0.15) is 4.98 Å². The molecule has 0 aliphatic heterocycles. The normalized spacial score (nSPS) is 10.5. The van der Waals surface area contributed by atoms with Crippen LogP contribution in [0.4, 0.5) is 11.5 Å². The Morgan fingerprint density at radius 2 is 1.76 bits per heavy atom. The molecule has 0 unspecified atom stereocenters. The van der Waals surface area contributed by atoms with Crippen LogP contribution in [0.5, 0.6) is 11.6 Å². The standard InChI is InChI=1S/C20H22N4O/c1-14-8-7-11-17(12-14)25-20-18(21)19(22-15(2)23-20)24(3)13-16-9-5-4-6-10-16/h4-12H,13,21H2,1-3H3. The molecule has 3 rings (SSSR count). The maximum absolute atomic E-state index is 6.30. The highest BCUT2D eigenvalue weighted by Crippen LogP contribution is 2.32. The Balaban J connectivity index is 1.89. The van der Waals surface area contributed by atoms with Crippen molar-refractivity contribution in [3.63, 3.8) is 0 Å². The second-order valence-corrected chi connectivity index (χ2v) is 6.07. The molecule has 5 heteroatoms. The molecule has 25 heavy (non-hydrogen) atoms. The van der Waals surface area contributed by atoms with Crippen molar-refractivity contribution >= 4 is 11.5 Å². The van der Waals surface area contributed by atoms with Crippen molar-refractivity contribution < 1.29 is 4.74 Å². The first kappa shape index (κ1) is 16.8. The number of nitrogens with zero attached hydrogens (tertiary/aromatic N) is 3. The molecule has 0 radical (unpaired) electrons. The Labute approximate surface area is 148 Å². The van der Waals surface area contributed by atoms with Crippen LogP contribution in [0.1, 0.15) is 17.0 Å². The van der Waals surface area contributed by atoms with Crippen LogP contribution < -0.4 is 15.4 Å². The van der Waals surface area contributed by atoms with Crippen LogP contribution >= 0.6 is 0 Å². The fourth-order valence-electron chi connectivity index (χ4n) is 2.63. The van der Waals surface area contributed by atoms with E-state index in [1.165, 1.54) is 5.56 Å². The summed E-state index contributed by atoms with van der Waals surface area (Å²) in [5.74, 6) is 2.38. The lowest BCUT2D eigenvalue weighted by molar-refractivity contribution is 0.462. The molecule has 5 nitrogen and oxygen atoms in total. The number of ether oxygens (including phenoxy) is 1. The molecule has 128 valence electrons. The van der Waals surface area contributed by atoms with E-state index in [2.05, 4.69) is 22.1 Å². The molecule has 0 aliphatic rings. The highest BCUT2D eigenvalue weighted by atomic mass is 16.5. The molecule has 3 aromatic rings. The Morgan fingerprint density at radius 3 is 2.48 bits per heavy atom. The van der Waals surface area contributed by atoms with Crippen LogP contribution in [0, 0.1) is 13.8 Å². The van der Waals surface area contributed by atoms with Crippen LogP contribution in [0.25, 0.3) is 0 Å². The second-order valence-electron chi connectivity index (χ2n) is 6.07. The summed E-state index contributed by atoms with van der Waals surface area (Å²) in [4.78, 5) is 10.9. The van der Waals surface area contributed by atoms with Crippen molar-refractivity contribution in [3.8, 4) is 11.6 Å². The first-order chi connectivity index (χ1) is 12.0. The number of anilines is 2. The zero-order valence-corrected chi connectivity index (χ0v) is 14.7. The Morgan fingerprint density at radius 1 is 1.00 bits per heavy atom. The zero-order chi connectivity index (χ0) is 17.8. The van der Waals surface area contributed by atoms with Gasteiger partial charge in [-0.05, 0) is 37.1 Å². The second kappa shape index (κ2) is 7.21. The molecule has 2 N–H and O–H groups in total. The third kappa shape index (κ3) is 4.07. The van der Waals surface area contributed by atoms with Gasteiger partial charge < -0.3 is 15.4 Å². The van der Waals surface area contributed by atoms with E-state index in [0.29, 0.717) is 35.5 Å². The fourth-order valence-corrected chi connectivity index (χ4v) is 2.63. The molecule has 0 saturated heterocycles. The summed E-state index contributed by atoms with van der Waals surface area (Å²) in [5, 5.41) is 0. The van der Waals surface area contributed by atoms with E-state index < -0.39 is 0 Å². The molecule has 0 spiro atoms. The number of hydrogen-bond acceptors (Lipinski definition) is 5. The highest BCUT2D eigenvalue weighted by molar-refractivity contribution is 5.68. The number of rotatable bonds is 5. The van der Waals surface area contributed by atoms with E-state index >= 15 is 0 Å². The number of nitrogens with two attached hydrogens (primary N) is 1. The van der Waals surface area contributed by atoms with Crippen LogP contribution in [0.15, 0.2) is 54.6 Å². The van der Waals surface area contributed by atoms with Gasteiger partial charge >= 0.3 is 0 Å². The van der Waals surface area contributed by atoms with Gasteiger partial charge in [0.2, 0.25) is 5.88 Å². The van der Waals surface area contributed by atoms with Crippen molar-refractivity contribution in [2.75, 3.05) is 17.7 Å². The topological polar surface area (TPSA) is 64.3 Å². The molecule has 0 fully saturated rings. The minimum Gasteiger partial charge on any atom is -0.437 e. The largest absolute Gasteiger partial charge is 0.437 e. The minimum atomic E-state index is 0.382. The van der Waals surface area contributed by atoms with Gasteiger partial charge in [-0.1, -0.05) is 42.5 Å². The zero-order valence-electron chi connectivity index (χ0n) is 14.7. The monoisotopic (exact) mass is 334 g/mol. The quantitative estimate of drug-likeness (QED) is 0.761. The van der Waals surface area contributed by atoms with Gasteiger partial charge in [-0.25, -0.2) is 4.98 Å². The molecular weight excluding hydrogens is 312 g/mol. The van der Waals surface area contributed by atoms with Crippen molar-refractivity contribution in [3.05, 3.63) is 71.5 Å². The van der Waals surface area contributed by atoms with Crippen molar-refractivity contribution in [2.24, 2.45) is 0 Å². The summed E-state index contributed by atoms with van der Waals surface area (Å²) < 4.78 is 5.91. The summed E-state index contributed by atoms with van der Waals surface area (Å²) in [5.41, 5.74) is 9.03. The molecule has 1 aromatic heterocycles. The number of aryl methyl sites for hydroxylation is 2. The van der Waals surface area contributed by atoms with Crippen LogP contribution in [-0.2, 0) is 6.54 Å². The molecule has 0 bridgehead atoms. The summed E-state index contributed by atoms with van der Waals surface area (Å²) in [6.45, 7) is 4.55.